The predicted molar refractivity (Wildman–Crippen MR) is 126 cm³/mol. The Labute approximate surface area is 195 Å². The van der Waals surface area contributed by atoms with Gasteiger partial charge in [0.05, 0.1) is 5.54 Å². The van der Waals surface area contributed by atoms with E-state index < -0.39 is 22.2 Å². The molecule has 0 spiro atoms. The molecule has 8 heteroatoms. The Morgan fingerprint density at radius 2 is 1.70 bits per heavy atom. The molecule has 33 heavy (non-hydrogen) atoms. The minimum Gasteiger partial charge on any atom is -0.360 e. The van der Waals surface area contributed by atoms with E-state index in [0.717, 1.165) is 17.9 Å². The molecule has 1 aromatic heterocycles. The predicted octanol–water partition coefficient (Wildman–Crippen LogP) is 4.80. The van der Waals surface area contributed by atoms with Crippen molar-refractivity contribution >= 4 is 10.8 Å². The van der Waals surface area contributed by atoms with Crippen LogP contribution in [-0.4, -0.2) is 31.7 Å². The smallest absolute Gasteiger partial charge is 0.139 e. The summed E-state index contributed by atoms with van der Waals surface area (Å²) in [4.78, 5) is 7.69. The van der Waals surface area contributed by atoms with Crippen LogP contribution in [0.4, 0.5) is 8.78 Å². The van der Waals surface area contributed by atoms with Gasteiger partial charge in [-0.1, -0.05) is 13.0 Å². The molecule has 0 saturated carbocycles. The number of fused-ring (bicyclic) bond motifs is 1. The van der Waals surface area contributed by atoms with Gasteiger partial charge in [-0.05, 0) is 68.8 Å². The van der Waals surface area contributed by atoms with Gasteiger partial charge in [0.15, 0.2) is 0 Å². The molecule has 4 rings (SSSR count). The van der Waals surface area contributed by atoms with E-state index in [4.69, 9.17) is 10.7 Å². The fourth-order valence-corrected chi connectivity index (χ4v) is 5.73. The molecule has 2 N–H and O–H groups in total. The maximum Gasteiger partial charge on any atom is 0.139 e. The lowest BCUT2D eigenvalue weighted by Gasteiger charge is -2.45. The van der Waals surface area contributed by atoms with E-state index in [9.17, 15) is 13.0 Å². The molecule has 1 unspecified atom stereocenters. The van der Waals surface area contributed by atoms with E-state index in [1.165, 1.54) is 36.4 Å². The molecule has 174 valence electrons. The van der Waals surface area contributed by atoms with E-state index in [2.05, 4.69) is 31.7 Å². The molecule has 0 bridgehead atoms. The van der Waals surface area contributed by atoms with E-state index >= 15 is 0 Å². The molecule has 0 saturated heterocycles. The van der Waals surface area contributed by atoms with Gasteiger partial charge in [-0.3, -0.25) is 0 Å². The minimum atomic E-state index is -1.61. The Kier molecular flexibility index (Phi) is 6.50. The van der Waals surface area contributed by atoms with Crippen LogP contribution in [0.1, 0.15) is 33.0 Å². The lowest BCUT2D eigenvalue weighted by atomic mass is 9.97. The summed E-state index contributed by atoms with van der Waals surface area (Å²) in [5, 5.41) is 0.532. The summed E-state index contributed by atoms with van der Waals surface area (Å²) in [6, 6.07) is 11.7. The van der Waals surface area contributed by atoms with Crippen molar-refractivity contribution in [3.05, 3.63) is 77.8 Å². The molecule has 0 amide bonds. The number of halogens is 2. The highest BCUT2D eigenvalue weighted by Gasteiger charge is 2.40. The zero-order valence-corrected chi connectivity index (χ0v) is 19.8. The molecular formula is C25H28F2N4OS. The van der Waals surface area contributed by atoms with Crippen LogP contribution in [0.3, 0.4) is 0 Å². The quantitative estimate of drug-likeness (QED) is 0.562. The van der Waals surface area contributed by atoms with Gasteiger partial charge >= 0.3 is 0 Å². The van der Waals surface area contributed by atoms with Crippen LogP contribution in [0, 0.1) is 11.6 Å². The standard InChI is InChI=1S/C25H28F2N4OS/c1-4-5-20(16-28)31-15-14-30-23(33(32)21-12-10-19(27)11-13-21)22(29-24(30)25(31,2)3)17-6-8-18(26)9-7-17/h5-13H,4,14-16,28H2,1-3H3/b20-5+. The first-order chi connectivity index (χ1) is 15.8. The van der Waals surface area contributed by atoms with Crippen molar-refractivity contribution in [2.24, 2.45) is 5.73 Å². The first-order valence-electron chi connectivity index (χ1n) is 11.0. The Balaban J connectivity index is 1.91. The number of nitrogens with two attached hydrogens (primary N) is 1. The number of rotatable bonds is 6. The van der Waals surface area contributed by atoms with Crippen LogP contribution in [0.15, 0.2) is 70.2 Å². The SMILES string of the molecule is CC/C=C(\CN)N1CCn2c(nc(-c3ccc(F)cc3)c2S(=O)c2ccc(F)cc2)C1(C)C. The summed E-state index contributed by atoms with van der Waals surface area (Å²) < 4.78 is 42.9. The molecule has 5 nitrogen and oxygen atoms in total. The van der Waals surface area contributed by atoms with Gasteiger partial charge < -0.3 is 15.2 Å². The Morgan fingerprint density at radius 3 is 2.27 bits per heavy atom. The lowest BCUT2D eigenvalue weighted by Crippen LogP contribution is -2.49. The average Bonchev–Trinajstić information content (AvgIpc) is 3.19. The normalized spacial score (nSPS) is 16.5. The summed E-state index contributed by atoms with van der Waals surface area (Å²) in [7, 11) is -1.61. The second kappa shape index (κ2) is 9.19. The van der Waals surface area contributed by atoms with Crippen LogP contribution < -0.4 is 5.73 Å². The number of hydrogen-bond acceptors (Lipinski definition) is 4. The first-order valence-corrected chi connectivity index (χ1v) is 12.1. The van der Waals surface area contributed by atoms with Crippen molar-refractivity contribution in [3.63, 3.8) is 0 Å². The lowest BCUT2D eigenvalue weighted by molar-refractivity contribution is 0.113. The number of allylic oxidation sites excluding steroid dienone is 1. The zero-order valence-electron chi connectivity index (χ0n) is 19.0. The number of hydrogen-bond donors (Lipinski definition) is 1. The van der Waals surface area contributed by atoms with Crippen molar-refractivity contribution in [2.75, 3.05) is 13.1 Å². The van der Waals surface area contributed by atoms with Crippen molar-refractivity contribution in [1.82, 2.24) is 14.5 Å². The second-order valence-corrected chi connectivity index (χ2v) is 9.88. The number of aromatic nitrogens is 2. The molecule has 2 heterocycles. The first kappa shape index (κ1) is 23.3. The summed E-state index contributed by atoms with van der Waals surface area (Å²) in [5.41, 5.74) is 7.80. The molecule has 0 aliphatic carbocycles. The average molecular weight is 471 g/mol. The Bertz CT molecular complexity index is 1200. The fraction of sp³-hybridized carbons (Fsp3) is 0.320. The van der Waals surface area contributed by atoms with Gasteiger partial charge in [0, 0.05) is 35.8 Å². The summed E-state index contributed by atoms with van der Waals surface area (Å²) >= 11 is 0. The monoisotopic (exact) mass is 470 g/mol. The van der Waals surface area contributed by atoms with Crippen LogP contribution in [-0.2, 0) is 22.9 Å². The van der Waals surface area contributed by atoms with Crippen molar-refractivity contribution in [1.29, 1.82) is 0 Å². The summed E-state index contributed by atoms with van der Waals surface area (Å²) in [6.07, 6.45) is 2.99. The molecule has 3 aromatic rings. The van der Waals surface area contributed by atoms with Crippen LogP contribution in [0.5, 0.6) is 0 Å². The largest absolute Gasteiger partial charge is 0.360 e. The molecule has 1 aliphatic heterocycles. The van der Waals surface area contributed by atoms with E-state index in [1.807, 2.05) is 4.57 Å². The maximum absolute atomic E-state index is 13.7. The van der Waals surface area contributed by atoms with Crippen LogP contribution in [0.25, 0.3) is 11.3 Å². The van der Waals surface area contributed by atoms with Gasteiger partial charge in [0.1, 0.15) is 39.0 Å². The van der Waals surface area contributed by atoms with E-state index in [-0.39, 0.29) is 5.82 Å². The van der Waals surface area contributed by atoms with Crippen molar-refractivity contribution in [2.45, 2.75) is 49.2 Å². The fourth-order valence-electron chi connectivity index (χ4n) is 4.41. The minimum absolute atomic E-state index is 0.354. The summed E-state index contributed by atoms with van der Waals surface area (Å²) in [5.74, 6) is 0.0142. The summed E-state index contributed by atoms with van der Waals surface area (Å²) in [6.45, 7) is 7.87. The highest BCUT2D eigenvalue weighted by molar-refractivity contribution is 7.85. The molecule has 0 radical (unpaired) electrons. The Hall–Kier alpha value is -2.84. The van der Waals surface area contributed by atoms with Gasteiger partial charge in [0.2, 0.25) is 0 Å². The topological polar surface area (TPSA) is 64.2 Å². The molecule has 2 aromatic carbocycles. The van der Waals surface area contributed by atoms with E-state index in [0.29, 0.717) is 40.8 Å². The zero-order chi connectivity index (χ0) is 23.8. The molecule has 0 fully saturated rings. The van der Waals surface area contributed by atoms with Gasteiger partial charge in [-0.2, -0.15) is 0 Å². The maximum atomic E-state index is 13.7. The molecule has 1 atom stereocenters. The molecular weight excluding hydrogens is 442 g/mol. The second-order valence-electron chi connectivity index (χ2n) is 8.49. The third kappa shape index (κ3) is 4.25. The van der Waals surface area contributed by atoms with Crippen LogP contribution >= 0.6 is 0 Å². The number of benzene rings is 2. The van der Waals surface area contributed by atoms with Crippen molar-refractivity contribution in [3.8, 4) is 11.3 Å². The Morgan fingerprint density at radius 1 is 1.09 bits per heavy atom. The molecule has 1 aliphatic rings. The van der Waals surface area contributed by atoms with E-state index in [1.54, 1.807) is 12.1 Å². The highest BCUT2D eigenvalue weighted by Crippen LogP contribution is 2.39. The number of imidazole rings is 1. The van der Waals surface area contributed by atoms with Crippen molar-refractivity contribution < 1.29 is 13.0 Å². The highest BCUT2D eigenvalue weighted by atomic mass is 32.2. The van der Waals surface area contributed by atoms with Gasteiger partial charge in [-0.15, -0.1) is 0 Å². The van der Waals surface area contributed by atoms with Crippen LogP contribution in [0.2, 0.25) is 0 Å². The number of nitrogens with zero attached hydrogens (tertiary/aromatic N) is 3. The third-order valence-corrected chi connectivity index (χ3v) is 7.47. The van der Waals surface area contributed by atoms with Gasteiger partial charge in [-0.25, -0.2) is 18.0 Å². The third-order valence-electron chi connectivity index (χ3n) is 6.01. The van der Waals surface area contributed by atoms with Gasteiger partial charge in [0.25, 0.3) is 0 Å².